The number of halogens is 1. The van der Waals surface area contributed by atoms with Gasteiger partial charge < -0.3 is 15.2 Å². The molecular formula is C15H12ClN3O2. The number of aromatic amines is 1. The zero-order chi connectivity index (χ0) is 14.8. The zero-order valence-electron chi connectivity index (χ0n) is 10.9. The van der Waals surface area contributed by atoms with Crippen LogP contribution in [0.1, 0.15) is 11.1 Å². The Morgan fingerprint density at radius 3 is 2.95 bits per heavy atom. The third kappa shape index (κ3) is 2.74. The lowest BCUT2D eigenvalue weighted by Crippen LogP contribution is -1.82. The van der Waals surface area contributed by atoms with Crippen molar-refractivity contribution in [3.8, 4) is 5.88 Å². The van der Waals surface area contributed by atoms with E-state index in [1.54, 1.807) is 24.4 Å². The van der Waals surface area contributed by atoms with Gasteiger partial charge in [0.15, 0.2) is 5.88 Å². The van der Waals surface area contributed by atoms with Crippen molar-refractivity contribution in [3.63, 3.8) is 0 Å². The van der Waals surface area contributed by atoms with Crippen molar-refractivity contribution in [3.05, 3.63) is 52.7 Å². The molecule has 0 aliphatic heterocycles. The Bertz CT molecular complexity index is 827. The topological polar surface area (TPSA) is 81.5 Å². The van der Waals surface area contributed by atoms with Gasteiger partial charge in [0.05, 0.1) is 17.9 Å². The van der Waals surface area contributed by atoms with Crippen LogP contribution in [0.2, 0.25) is 5.15 Å². The molecule has 0 aliphatic rings. The van der Waals surface area contributed by atoms with Gasteiger partial charge in [0.25, 0.3) is 0 Å². The first kappa shape index (κ1) is 13.6. The van der Waals surface area contributed by atoms with E-state index in [-0.39, 0.29) is 12.5 Å². The summed E-state index contributed by atoms with van der Waals surface area (Å²) in [5, 5.41) is 20.1. The summed E-state index contributed by atoms with van der Waals surface area (Å²) in [6.07, 6.45) is 1.56. The number of aromatic nitrogens is 2. The fourth-order valence-corrected chi connectivity index (χ4v) is 2.21. The fraction of sp³-hybridized carbons (Fsp3) is 0.0667. The van der Waals surface area contributed by atoms with Gasteiger partial charge in [0.1, 0.15) is 10.8 Å². The molecule has 6 heteroatoms. The van der Waals surface area contributed by atoms with E-state index in [1.807, 2.05) is 18.2 Å². The number of H-pyrrole nitrogens is 1. The summed E-state index contributed by atoms with van der Waals surface area (Å²) in [7, 11) is 0. The van der Waals surface area contributed by atoms with Crippen LogP contribution < -0.4 is 0 Å². The first-order valence-corrected chi connectivity index (χ1v) is 6.66. The number of hydrogen-bond acceptors (Lipinski definition) is 4. The van der Waals surface area contributed by atoms with Gasteiger partial charge in [0, 0.05) is 11.6 Å². The van der Waals surface area contributed by atoms with E-state index in [1.165, 1.54) is 0 Å². The molecule has 0 fully saturated rings. The number of aliphatic hydroxyl groups is 1. The number of fused-ring (bicyclic) bond motifs is 1. The summed E-state index contributed by atoms with van der Waals surface area (Å²) in [5.74, 6) is -0.0122. The molecule has 0 radical (unpaired) electrons. The molecule has 0 unspecified atom stereocenters. The van der Waals surface area contributed by atoms with Crippen molar-refractivity contribution in [2.75, 3.05) is 0 Å². The van der Waals surface area contributed by atoms with Gasteiger partial charge in [-0.1, -0.05) is 23.7 Å². The monoisotopic (exact) mass is 301 g/mol. The number of hydrogen-bond donors (Lipinski definition) is 3. The van der Waals surface area contributed by atoms with Crippen LogP contribution >= 0.6 is 11.6 Å². The Balaban J connectivity index is 2.00. The lowest BCUT2D eigenvalue weighted by Gasteiger charge is -1.98. The van der Waals surface area contributed by atoms with Crippen molar-refractivity contribution in [1.82, 2.24) is 9.97 Å². The third-order valence-corrected chi connectivity index (χ3v) is 3.29. The molecule has 0 saturated heterocycles. The lowest BCUT2D eigenvalue weighted by atomic mass is 10.2. The maximum Gasteiger partial charge on any atom is 0.199 e. The number of rotatable bonds is 3. The number of pyridine rings is 1. The van der Waals surface area contributed by atoms with Crippen molar-refractivity contribution >= 4 is 34.5 Å². The second-order valence-corrected chi connectivity index (χ2v) is 4.89. The first-order valence-electron chi connectivity index (χ1n) is 6.28. The molecule has 3 rings (SSSR count). The number of aromatic hydroxyl groups is 1. The summed E-state index contributed by atoms with van der Waals surface area (Å²) < 4.78 is 0. The highest BCUT2D eigenvalue weighted by Gasteiger charge is 2.10. The summed E-state index contributed by atoms with van der Waals surface area (Å²) in [4.78, 5) is 11.2. The maximum absolute atomic E-state index is 9.93. The summed E-state index contributed by atoms with van der Waals surface area (Å²) in [6, 6.07) is 10.6. The minimum absolute atomic E-state index is 0.0122. The van der Waals surface area contributed by atoms with Crippen molar-refractivity contribution < 1.29 is 10.2 Å². The molecule has 5 nitrogen and oxygen atoms in total. The van der Waals surface area contributed by atoms with Crippen LogP contribution in [-0.4, -0.2) is 26.4 Å². The molecule has 0 aliphatic carbocycles. The van der Waals surface area contributed by atoms with Gasteiger partial charge >= 0.3 is 0 Å². The normalized spacial score (nSPS) is 11.5. The number of aliphatic imine (C=N–C) groups is 1. The van der Waals surface area contributed by atoms with Crippen molar-refractivity contribution in [2.45, 2.75) is 6.61 Å². The quantitative estimate of drug-likeness (QED) is 0.513. The van der Waals surface area contributed by atoms with Crippen LogP contribution in [0.4, 0.5) is 5.69 Å². The molecule has 106 valence electrons. The maximum atomic E-state index is 9.93. The molecule has 3 N–H and O–H groups in total. The predicted octanol–water partition coefficient (Wildman–Crippen LogP) is 3.16. The SMILES string of the molecule is OCc1cccc(N=Cc2c(O)[nH]c3nc(Cl)ccc23)c1. The van der Waals surface area contributed by atoms with Crippen LogP contribution in [0.5, 0.6) is 5.88 Å². The van der Waals surface area contributed by atoms with Crippen LogP contribution in [0.25, 0.3) is 11.0 Å². The van der Waals surface area contributed by atoms with Crippen LogP contribution in [0, 0.1) is 0 Å². The number of nitrogens with zero attached hydrogens (tertiary/aromatic N) is 2. The second-order valence-electron chi connectivity index (χ2n) is 4.50. The predicted molar refractivity (Wildman–Crippen MR) is 82.4 cm³/mol. The first-order chi connectivity index (χ1) is 10.2. The average molecular weight is 302 g/mol. The van der Waals surface area contributed by atoms with Crippen LogP contribution in [0.3, 0.4) is 0 Å². The standard InChI is InChI=1S/C15H12ClN3O2/c16-13-5-4-11-12(15(21)19-14(11)18-13)7-17-10-3-1-2-9(6-10)8-20/h1-7,20-21H,8H2,(H,18,19). The molecule has 0 spiro atoms. The Morgan fingerprint density at radius 1 is 1.29 bits per heavy atom. The highest BCUT2D eigenvalue weighted by atomic mass is 35.5. The van der Waals surface area contributed by atoms with E-state index < -0.39 is 0 Å². The minimum Gasteiger partial charge on any atom is -0.494 e. The van der Waals surface area contributed by atoms with Crippen molar-refractivity contribution in [1.29, 1.82) is 0 Å². The van der Waals surface area contributed by atoms with E-state index in [0.717, 1.165) is 10.9 Å². The highest BCUT2D eigenvalue weighted by Crippen LogP contribution is 2.26. The lowest BCUT2D eigenvalue weighted by molar-refractivity contribution is 0.282. The van der Waals surface area contributed by atoms with Crippen molar-refractivity contribution in [2.24, 2.45) is 4.99 Å². The molecule has 0 saturated carbocycles. The smallest absolute Gasteiger partial charge is 0.199 e. The van der Waals surface area contributed by atoms with Gasteiger partial charge in [-0.05, 0) is 29.8 Å². The molecule has 2 heterocycles. The van der Waals surface area contributed by atoms with Gasteiger partial charge in [-0.25, -0.2) is 4.98 Å². The van der Waals surface area contributed by atoms with Gasteiger partial charge in [-0.3, -0.25) is 4.99 Å². The van der Waals surface area contributed by atoms with Crippen LogP contribution in [-0.2, 0) is 6.61 Å². The Labute approximate surface area is 125 Å². The van der Waals surface area contributed by atoms with E-state index in [0.29, 0.717) is 22.1 Å². The molecule has 0 amide bonds. The average Bonchev–Trinajstić information content (AvgIpc) is 2.80. The summed E-state index contributed by atoms with van der Waals surface area (Å²) in [5.41, 5.74) is 2.52. The summed E-state index contributed by atoms with van der Waals surface area (Å²) in [6.45, 7) is -0.0376. The molecular weight excluding hydrogens is 290 g/mol. The minimum atomic E-state index is -0.0376. The van der Waals surface area contributed by atoms with Gasteiger partial charge in [0.2, 0.25) is 0 Å². The molecule has 0 bridgehead atoms. The summed E-state index contributed by atoms with van der Waals surface area (Å²) >= 11 is 5.82. The molecule has 3 aromatic rings. The third-order valence-electron chi connectivity index (χ3n) is 3.08. The zero-order valence-corrected chi connectivity index (χ0v) is 11.7. The largest absolute Gasteiger partial charge is 0.494 e. The fourth-order valence-electron chi connectivity index (χ4n) is 2.06. The Hall–Kier alpha value is -2.37. The second kappa shape index (κ2) is 5.55. The molecule has 21 heavy (non-hydrogen) atoms. The molecule has 2 aromatic heterocycles. The number of nitrogens with one attached hydrogen (secondary N) is 1. The number of benzene rings is 1. The van der Waals surface area contributed by atoms with Crippen LogP contribution in [0.15, 0.2) is 41.4 Å². The Morgan fingerprint density at radius 2 is 2.14 bits per heavy atom. The van der Waals surface area contributed by atoms with E-state index >= 15 is 0 Å². The number of aliphatic hydroxyl groups excluding tert-OH is 1. The van der Waals surface area contributed by atoms with Gasteiger partial charge in [-0.2, -0.15) is 0 Å². The van der Waals surface area contributed by atoms with E-state index in [4.69, 9.17) is 16.7 Å². The molecule has 0 atom stereocenters. The van der Waals surface area contributed by atoms with E-state index in [9.17, 15) is 5.11 Å². The molecule has 1 aromatic carbocycles. The van der Waals surface area contributed by atoms with E-state index in [2.05, 4.69) is 15.0 Å². The highest BCUT2D eigenvalue weighted by molar-refractivity contribution is 6.29. The van der Waals surface area contributed by atoms with Gasteiger partial charge in [-0.15, -0.1) is 0 Å². The Kier molecular flexibility index (Phi) is 3.60.